The third-order valence-corrected chi connectivity index (χ3v) is 7.34. The predicted molar refractivity (Wildman–Crippen MR) is 147 cm³/mol. The lowest BCUT2D eigenvalue weighted by molar-refractivity contribution is -0.384. The van der Waals surface area contributed by atoms with E-state index in [-0.39, 0.29) is 36.1 Å². The number of amides is 1. The van der Waals surface area contributed by atoms with Gasteiger partial charge in [0.25, 0.3) is 5.69 Å². The number of hydrogen-bond acceptors (Lipinski definition) is 7. The number of benzene rings is 3. The Balaban J connectivity index is 1.70. The first-order valence-electron chi connectivity index (χ1n) is 12.8. The molecule has 1 aliphatic heterocycles. The van der Waals surface area contributed by atoms with Crippen molar-refractivity contribution in [2.45, 2.75) is 38.1 Å². The number of allylic oxidation sites excluding steroid dienone is 1. The van der Waals surface area contributed by atoms with E-state index in [9.17, 15) is 19.7 Å². The van der Waals surface area contributed by atoms with Gasteiger partial charge in [-0.15, -0.1) is 0 Å². The number of nitrogens with zero attached hydrogens (tertiary/aromatic N) is 2. The summed E-state index contributed by atoms with van der Waals surface area (Å²) < 4.78 is 11.0. The summed E-state index contributed by atoms with van der Waals surface area (Å²) in [5.41, 5.74) is 4.00. The van der Waals surface area contributed by atoms with Gasteiger partial charge in [0.1, 0.15) is 0 Å². The van der Waals surface area contributed by atoms with Crippen LogP contribution in [0.1, 0.15) is 49.3 Å². The van der Waals surface area contributed by atoms with Gasteiger partial charge in [-0.05, 0) is 47.7 Å². The van der Waals surface area contributed by atoms with Crippen molar-refractivity contribution in [3.8, 4) is 11.5 Å². The van der Waals surface area contributed by atoms with Gasteiger partial charge < -0.3 is 14.8 Å². The molecule has 9 heteroatoms. The van der Waals surface area contributed by atoms with Crippen LogP contribution in [0, 0.1) is 10.1 Å². The van der Waals surface area contributed by atoms with E-state index in [1.54, 1.807) is 44.2 Å². The van der Waals surface area contributed by atoms with Crippen LogP contribution in [0.2, 0.25) is 0 Å². The van der Waals surface area contributed by atoms with Crippen LogP contribution in [0.5, 0.6) is 11.5 Å². The van der Waals surface area contributed by atoms with Gasteiger partial charge in [0.05, 0.1) is 36.6 Å². The summed E-state index contributed by atoms with van der Waals surface area (Å²) in [6.45, 7) is 1.80. The van der Waals surface area contributed by atoms with Crippen molar-refractivity contribution in [2.24, 2.45) is 0 Å². The number of Topliss-reactive ketones (excluding diaryl/α,β-unsaturated/α-hetero) is 1. The number of rotatable bonds is 6. The number of carbonyl (C=O) groups is 2. The molecule has 9 nitrogen and oxygen atoms in total. The molecule has 39 heavy (non-hydrogen) atoms. The second-order valence-electron chi connectivity index (χ2n) is 9.55. The van der Waals surface area contributed by atoms with Crippen LogP contribution in [0.15, 0.2) is 78.0 Å². The lowest BCUT2D eigenvalue weighted by atomic mass is 9.78. The van der Waals surface area contributed by atoms with Crippen LogP contribution >= 0.6 is 0 Å². The van der Waals surface area contributed by atoms with Crippen LogP contribution in [0.3, 0.4) is 0 Å². The fourth-order valence-electron chi connectivity index (χ4n) is 5.50. The fraction of sp³-hybridized carbons (Fsp3) is 0.267. The van der Waals surface area contributed by atoms with E-state index in [1.165, 1.54) is 12.1 Å². The molecule has 0 unspecified atom stereocenters. The van der Waals surface area contributed by atoms with E-state index >= 15 is 0 Å². The van der Waals surface area contributed by atoms with E-state index in [2.05, 4.69) is 5.32 Å². The van der Waals surface area contributed by atoms with Crippen molar-refractivity contribution < 1.29 is 24.0 Å². The van der Waals surface area contributed by atoms with Crippen LogP contribution in [0.4, 0.5) is 17.1 Å². The minimum Gasteiger partial charge on any atom is -0.493 e. The number of ketones is 1. The largest absolute Gasteiger partial charge is 0.493 e. The Morgan fingerprint density at radius 2 is 1.77 bits per heavy atom. The highest BCUT2D eigenvalue weighted by atomic mass is 16.6. The smallest absolute Gasteiger partial charge is 0.269 e. The number of carbonyl (C=O) groups excluding carboxylic acids is 2. The number of nitro groups is 1. The molecule has 2 aliphatic rings. The number of fused-ring (bicyclic) bond motifs is 1. The third-order valence-electron chi connectivity index (χ3n) is 7.34. The Labute approximate surface area is 226 Å². The Morgan fingerprint density at radius 1 is 1.00 bits per heavy atom. The minimum atomic E-state index is -0.707. The number of ether oxygens (including phenoxy) is 2. The molecule has 2 atom stereocenters. The summed E-state index contributed by atoms with van der Waals surface area (Å²) in [5, 5.41) is 14.9. The molecule has 0 aromatic heterocycles. The Hall–Kier alpha value is -4.66. The summed E-state index contributed by atoms with van der Waals surface area (Å²) in [5.74, 6) is 0.518. The zero-order chi connectivity index (χ0) is 27.7. The molecular weight excluding hydrogens is 498 g/mol. The lowest BCUT2D eigenvalue weighted by Gasteiger charge is -2.35. The van der Waals surface area contributed by atoms with Gasteiger partial charge in [0.15, 0.2) is 17.3 Å². The SMILES string of the molecule is CCC(=O)N1c2ccccc2NC2=C(C(=O)C[C@H](c3cccc([N+](=O)[O-])c3)C2)[C@H]1c1ccc(OC)c(OC)c1. The molecule has 1 aliphatic carbocycles. The molecule has 1 heterocycles. The molecule has 0 saturated carbocycles. The number of nitrogens with one attached hydrogen (secondary N) is 1. The topological polar surface area (TPSA) is 111 Å². The Bertz CT molecular complexity index is 1500. The molecule has 0 spiro atoms. The molecule has 3 aromatic rings. The highest BCUT2D eigenvalue weighted by Crippen LogP contribution is 2.48. The zero-order valence-electron chi connectivity index (χ0n) is 22.0. The number of anilines is 2. The Kier molecular flexibility index (Phi) is 7.06. The molecule has 5 rings (SSSR count). The molecule has 3 aromatic carbocycles. The maximum Gasteiger partial charge on any atom is 0.269 e. The number of hydrogen-bond donors (Lipinski definition) is 1. The summed E-state index contributed by atoms with van der Waals surface area (Å²) in [7, 11) is 3.09. The van der Waals surface area contributed by atoms with Gasteiger partial charge in [0.2, 0.25) is 5.91 Å². The van der Waals surface area contributed by atoms with Gasteiger partial charge in [0, 0.05) is 36.2 Å². The van der Waals surface area contributed by atoms with Crippen molar-refractivity contribution in [3.63, 3.8) is 0 Å². The standard InChI is InChI=1S/C30H29N3O6/c1-4-28(35)32-24-11-6-5-10-22(24)31-23-15-20(18-8-7-9-21(14-18)33(36)37)16-25(34)29(23)30(32)19-12-13-26(38-2)27(17-19)39-3/h5-14,17,20,30-31H,4,15-16H2,1-3H3/t20-,30-/m1/s1. The molecule has 200 valence electrons. The summed E-state index contributed by atoms with van der Waals surface area (Å²) >= 11 is 0. The highest BCUT2D eigenvalue weighted by molar-refractivity contribution is 6.06. The van der Waals surface area contributed by atoms with Crippen molar-refractivity contribution in [1.82, 2.24) is 0 Å². The number of para-hydroxylation sites is 2. The Morgan fingerprint density at radius 3 is 2.49 bits per heavy atom. The molecule has 1 amide bonds. The number of nitro benzene ring substituents is 1. The third kappa shape index (κ3) is 4.71. The van der Waals surface area contributed by atoms with Crippen molar-refractivity contribution in [1.29, 1.82) is 0 Å². The first-order valence-corrected chi connectivity index (χ1v) is 12.8. The van der Waals surface area contributed by atoms with Crippen LogP contribution in [-0.2, 0) is 9.59 Å². The van der Waals surface area contributed by atoms with Crippen LogP contribution in [-0.4, -0.2) is 30.8 Å². The van der Waals surface area contributed by atoms with Crippen molar-refractivity contribution in [3.05, 3.63) is 99.2 Å². The average molecular weight is 528 g/mol. The molecular formula is C30H29N3O6. The second-order valence-corrected chi connectivity index (χ2v) is 9.55. The first kappa shape index (κ1) is 26.0. The second kappa shape index (κ2) is 10.6. The molecule has 1 N–H and O–H groups in total. The summed E-state index contributed by atoms with van der Waals surface area (Å²) in [6, 6.07) is 18.6. The quantitative estimate of drug-likeness (QED) is 0.313. The summed E-state index contributed by atoms with van der Waals surface area (Å²) in [6.07, 6.45) is 0.857. The lowest BCUT2D eigenvalue weighted by Crippen LogP contribution is -2.38. The fourth-order valence-corrected chi connectivity index (χ4v) is 5.50. The highest BCUT2D eigenvalue weighted by Gasteiger charge is 2.41. The van der Waals surface area contributed by atoms with Gasteiger partial charge in [-0.1, -0.05) is 37.3 Å². The van der Waals surface area contributed by atoms with Crippen LogP contribution < -0.4 is 19.7 Å². The minimum absolute atomic E-state index is 0.0122. The maximum atomic E-state index is 14.0. The molecule has 0 bridgehead atoms. The zero-order valence-corrected chi connectivity index (χ0v) is 22.0. The monoisotopic (exact) mass is 527 g/mol. The summed E-state index contributed by atoms with van der Waals surface area (Å²) in [4.78, 5) is 40.2. The van der Waals surface area contributed by atoms with Crippen molar-refractivity contribution >= 4 is 28.8 Å². The van der Waals surface area contributed by atoms with E-state index in [1.807, 2.05) is 36.4 Å². The van der Waals surface area contributed by atoms with E-state index < -0.39 is 11.0 Å². The number of non-ortho nitro benzene ring substituents is 1. The van der Waals surface area contributed by atoms with E-state index in [4.69, 9.17) is 9.47 Å². The van der Waals surface area contributed by atoms with Gasteiger partial charge >= 0.3 is 0 Å². The van der Waals surface area contributed by atoms with Gasteiger partial charge in [-0.3, -0.25) is 24.6 Å². The molecule has 0 fully saturated rings. The van der Waals surface area contributed by atoms with Crippen molar-refractivity contribution in [2.75, 3.05) is 24.4 Å². The van der Waals surface area contributed by atoms with Gasteiger partial charge in [-0.25, -0.2) is 0 Å². The van der Waals surface area contributed by atoms with E-state index in [0.717, 1.165) is 5.56 Å². The molecule has 0 radical (unpaired) electrons. The number of methoxy groups -OCH3 is 2. The maximum absolute atomic E-state index is 14.0. The average Bonchev–Trinajstić information content (AvgIpc) is 3.11. The van der Waals surface area contributed by atoms with Crippen LogP contribution in [0.25, 0.3) is 0 Å². The predicted octanol–water partition coefficient (Wildman–Crippen LogP) is 5.92. The van der Waals surface area contributed by atoms with Gasteiger partial charge in [-0.2, -0.15) is 0 Å². The first-order chi connectivity index (χ1) is 18.9. The van der Waals surface area contributed by atoms with E-state index in [0.29, 0.717) is 46.1 Å². The normalized spacial score (nSPS) is 18.4. The molecule has 0 saturated heterocycles.